The molecule has 144 valence electrons. The van der Waals surface area contributed by atoms with Crippen LogP contribution in [0.25, 0.3) is 0 Å². The first kappa shape index (κ1) is 19.1. The Morgan fingerprint density at radius 3 is 2.52 bits per heavy atom. The summed E-state index contributed by atoms with van der Waals surface area (Å²) < 4.78 is 5.92. The van der Waals surface area contributed by atoms with E-state index < -0.39 is 0 Å². The molecule has 3 rings (SSSR count). The smallest absolute Gasteiger partial charge is 0.272 e. The van der Waals surface area contributed by atoms with Gasteiger partial charge in [-0.2, -0.15) is 0 Å². The fourth-order valence-electron chi connectivity index (χ4n) is 3.50. The molecular formula is C20H26N4O3. The molecule has 0 unspecified atom stereocenters. The van der Waals surface area contributed by atoms with Crippen LogP contribution in [0, 0.1) is 13.8 Å². The second-order valence-electron chi connectivity index (χ2n) is 7.14. The van der Waals surface area contributed by atoms with Crippen LogP contribution in [-0.2, 0) is 0 Å². The molecule has 1 amide bonds. The van der Waals surface area contributed by atoms with Crippen molar-refractivity contribution in [3.63, 3.8) is 0 Å². The number of aromatic nitrogens is 2. The van der Waals surface area contributed by atoms with Gasteiger partial charge in [0.1, 0.15) is 11.8 Å². The summed E-state index contributed by atoms with van der Waals surface area (Å²) in [5, 5.41) is 2.81. The van der Waals surface area contributed by atoms with E-state index in [9.17, 15) is 9.59 Å². The Kier molecular flexibility index (Phi) is 5.60. The van der Waals surface area contributed by atoms with Crippen molar-refractivity contribution < 1.29 is 14.3 Å². The lowest BCUT2D eigenvalue weighted by atomic mass is 10.1. The minimum atomic E-state index is -0.297. The van der Waals surface area contributed by atoms with Crippen molar-refractivity contribution in [2.45, 2.75) is 39.7 Å². The van der Waals surface area contributed by atoms with Gasteiger partial charge in [0.2, 0.25) is 5.88 Å². The number of piperidine rings is 1. The van der Waals surface area contributed by atoms with E-state index in [1.807, 2.05) is 0 Å². The van der Waals surface area contributed by atoms with Gasteiger partial charge in [0.05, 0.1) is 11.9 Å². The van der Waals surface area contributed by atoms with Crippen LogP contribution in [0.3, 0.4) is 0 Å². The molecule has 0 aliphatic carbocycles. The molecule has 7 nitrogen and oxygen atoms in total. The quantitative estimate of drug-likeness (QED) is 0.790. The number of amides is 1. The highest BCUT2D eigenvalue weighted by atomic mass is 16.5. The zero-order valence-electron chi connectivity index (χ0n) is 16.3. The summed E-state index contributed by atoms with van der Waals surface area (Å²) in [6, 6.07) is 3.54. The molecule has 0 saturated carbocycles. The first-order chi connectivity index (χ1) is 12.8. The van der Waals surface area contributed by atoms with Crippen molar-refractivity contribution in [1.82, 2.24) is 14.9 Å². The standard InChI is InChI=1S/C20H26N4O3/c1-12-18(14(3)25)13(2)22-19(12)20(26)23-15-5-6-17(21-11-15)27-16-7-9-24(4)10-8-16/h5-6,11,16,22H,7-10H2,1-4H3,(H,23,26). The SMILES string of the molecule is CC(=O)c1c(C)[nH]c(C(=O)Nc2ccc(OC3CCN(C)CC3)nc2)c1C. The number of anilines is 1. The largest absolute Gasteiger partial charge is 0.474 e. The molecule has 1 saturated heterocycles. The number of aryl methyl sites for hydroxylation is 1. The highest BCUT2D eigenvalue weighted by molar-refractivity contribution is 6.07. The van der Waals surface area contributed by atoms with Gasteiger partial charge >= 0.3 is 0 Å². The highest BCUT2D eigenvalue weighted by Crippen LogP contribution is 2.21. The lowest BCUT2D eigenvalue weighted by Gasteiger charge is -2.28. The number of H-pyrrole nitrogens is 1. The summed E-state index contributed by atoms with van der Waals surface area (Å²) in [7, 11) is 2.11. The predicted molar refractivity (Wildman–Crippen MR) is 104 cm³/mol. The molecule has 0 bridgehead atoms. The topological polar surface area (TPSA) is 87.3 Å². The number of carbonyl (C=O) groups is 2. The Morgan fingerprint density at radius 2 is 1.96 bits per heavy atom. The molecule has 0 atom stereocenters. The number of ketones is 1. The number of hydrogen-bond donors (Lipinski definition) is 2. The number of pyridine rings is 1. The maximum absolute atomic E-state index is 12.5. The van der Waals surface area contributed by atoms with Crippen LogP contribution in [0.1, 0.15) is 51.9 Å². The molecule has 27 heavy (non-hydrogen) atoms. The molecule has 0 spiro atoms. The number of Topliss-reactive ketones (excluding diaryl/α,β-unsaturated/α-hetero) is 1. The van der Waals surface area contributed by atoms with Gasteiger partial charge < -0.3 is 19.9 Å². The van der Waals surface area contributed by atoms with Crippen LogP contribution in [-0.4, -0.2) is 52.8 Å². The number of aromatic amines is 1. The monoisotopic (exact) mass is 370 g/mol. The Balaban J connectivity index is 1.64. The van der Waals surface area contributed by atoms with E-state index in [0.29, 0.717) is 34.1 Å². The summed E-state index contributed by atoms with van der Waals surface area (Å²) in [4.78, 5) is 33.8. The maximum Gasteiger partial charge on any atom is 0.272 e. The summed E-state index contributed by atoms with van der Waals surface area (Å²) >= 11 is 0. The molecule has 1 fully saturated rings. The number of hydrogen-bond acceptors (Lipinski definition) is 5. The van der Waals surface area contributed by atoms with Gasteiger partial charge in [-0.3, -0.25) is 9.59 Å². The van der Waals surface area contributed by atoms with Crippen LogP contribution < -0.4 is 10.1 Å². The van der Waals surface area contributed by atoms with Gasteiger partial charge in [-0.25, -0.2) is 4.98 Å². The van der Waals surface area contributed by atoms with Crippen molar-refractivity contribution in [3.05, 3.63) is 40.8 Å². The number of nitrogens with zero attached hydrogens (tertiary/aromatic N) is 2. The minimum Gasteiger partial charge on any atom is -0.474 e. The Bertz CT molecular complexity index is 834. The fourth-order valence-corrected chi connectivity index (χ4v) is 3.50. The van der Waals surface area contributed by atoms with Crippen molar-refractivity contribution in [2.75, 3.05) is 25.5 Å². The van der Waals surface area contributed by atoms with E-state index in [0.717, 1.165) is 25.9 Å². The average Bonchev–Trinajstić information content (AvgIpc) is 2.93. The summed E-state index contributed by atoms with van der Waals surface area (Å²) in [5.41, 5.74) is 2.90. The van der Waals surface area contributed by atoms with Gasteiger partial charge in [0.15, 0.2) is 5.78 Å². The molecule has 2 N–H and O–H groups in total. The Hall–Kier alpha value is -2.67. The second kappa shape index (κ2) is 7.92. The summed E-state index contributed by atoms with van der Waals surface area (Å²) in [5.74, 6) is 0.208. The van der Waals surface area contributed by atoms with E-state index in [1.54, 1.807) is 32.2 Å². The average molecular weight is 370 g/mol. The first-order valence-electron chi connectivity index (χ1n) is 9.18. The van der Waals surface area contributed by atoms with Crippen LogP contribution >= 0.6 is 0 Å². The van der Waals surface area contributed by atoms with E-state index >= 15 is 0 Å². The van der Waals surface area contributed by atoms with Gasteiger partial charge in [-0.1, -0.05) is 0 Å². The lowest BCUT2D eigenvalue weighted by molar-refractivity contribution is 0.101. The second-order valence-corrected chi connectivity index (χ2v) is 7.14. The third-order valence-electron chi connectivity index (χ3n) is 4.96. The molecule has 0 radical (unpaired) electrons. The number of carbonyl (C=O) groups excluding carboxylic acids is 2. The molecular weight excluding hydrogens is 344 g/mol. The van der Waals surface area contributed by atoms with E-state index in [1.165, 1.54) is 6.92 Å². The van der Waals surface area contributed by atoms with Crippen LogP contribution in [0.4, 0.5) is 5.69 Å². The van der Waals surface area contributed by atoms with Crippen molar-refractivity contribution in [2.24, 2.45) is 0 Å². The normalized spacial score (nSPS) is 15.6. The Morgan fingerprint density at radius 1 is 1.26 bits per heavy atom. The van der Waals surface area contributed by atoms with E-state index in [-0.39, 0.29) is 17.8 Å². The summed E-state index contributed by atoms with van der Waals surface area (Å²) in [6.45, 7) is 7.10. The minimum absolute atomic E-state index is 0.0580. The highest BCUT2D eigenvalue weighted by Gasteiger charge is 2.20. The first-order valence-corrected chi connectivity index (χ1v) is 9.18. The zero-order valence-corrected chi connectivity index (χ0v) is 16.3. The summed E-state index contributed by atoms with van der Waals surface area (Å²) in [6.07, 6.45) is 3.74. The molecule has 3 heterocycles. The molecule has 1 aliphatic rings. The van der Waals surface area contributed by atoms with Gasteiger partial charge in [-0.15, -0.1) is 0 Å². The van der Waals surface area contributed by atoms with Gasteiger partial charge in [0, 0.05) is 30.4 Å². The van der Waals surface area contributed by atoms with Crippen LogP contribution in [0.15, 0.2) is 18.3 Å². The van der Waals surface area contributed by atoms with Crippen molar-refractivity contribution in [1.29, 1.82) is 0 Å². The molecule has 2 aromatic heterocycles. The molecule has 0 aromatic carbocycles. The Labute approximate surface area is 159 Å². The maximum atomic E-state index is 12.5. The zero-order chi connectivity index (χ0) is 19.6. The molecule has 2 aromatic rings. The predicted octanol–water partition coefficient (Wildman–Crippen LogP) is 2.95. The van der Waals surface area contributed by atoms with Crippen LogP contribution in [0.2, 0.25) is 0 Å². The number of rotatable bonds is 5. The number of likely N-dealkylation sites (tertiary alicyclic amines) is 1. The number of nitrogens with one attached hydrogen (secondary N) is 2. The van der Waals surface area contributed by atoms with E-state index in [4.69, 9.17) is 4.74 Å². The molecule has 7 heteroatoms. The fraction of sp³-hybridized carbons (Fsp3) is 0.450. The van der Waals surface area contributed by atoms with Crippen LogP contribution in [0.5, 0.6) is 5.88 Å². The number of ether oxygens (including phenoxy) is 1. The van der Waals surface area contributed by atoms with Crippen molar-refractivity contribution in [3.8, 4) is 5.88 Å². The third-order valence-corrected chi connectivity index (χ3v) is 4.96. The lowest BCUT2D eigenvalue weighted by Crippen LogP contribution is -2.35. The van der Waals surface area contributed by atoms with Gasteiger partial charge in [0.25, 0.3) is 5.91 Å². The van der Waals surface area contributed by atoms with Crippen molar-refractivity contribution >= 4 is 17.4 Å². The molecule has 1 aliphatic heterocycles. The third kappa shape index (κ3) is 4.36. The van der Waals surface area contributed by atoms with E-state index in [2.05, 4.69) is 27.2 Å². The van der Waals surface area contributed by atoms with Gasteiger partial charge in [-0.05, 0) is 52.3 Å².